The summed E-state index contributed by atoms with van der Waals surface area (Å²) in [5.41, 5.74) is 6.55. The first kappa shape index (κ1) is 14.1. The summed E-state index contributed by atoms with van der Waals surface area (Å²) in [7, 11) is 0. The van der Waals surface area contributed by atoms with Crippen LogP contribution in [0.5, 0.6) is 5.75 Å². The molecule has 3 nitrogen and oxygen atoms in total. The Labute approximate surface area is 109 Å². The van der Waals surface area contributed by atoms with E-state index in [1.54, 1.807) is 6.07 Å². The van der Waals surface area contributed by atoms with E-state index in [9.17, 15) is 18.3 Å². The van der Waals surface area contributed by atoms with Crippen LogP contribution in [-0.4, -0.2) is 23.6 Å². The lowest BCUT2D eigenvalue weighted by Crippen LogP contribution is -2.39. The molecule has 1 fully saturated rings. The summed E-state index contributed by atoms with van der Waals surface area (Å²) in [6.07, 6.45) is -3.36. The molecule has 1 aromatic rings. The number of alkyl halides is 3. The second-order valence-corrected chi connectivity index (χ2v) is 4.86. The Morgan fingerprint density at radius 3 is 2.63 bits per heavy atom. The minimum absolute atomic E-state index is 0.0650. The summed E-state index contributed by atoms with van der Waals surface area (Å²) in [4.78, 5) is 0. The van der Waals surface area contributed by atoms with Gasteiger partial charge in [0.05, 0.1) is 6.10 Å². The van der Waals surface area contributed by atoms with Crippen LogP contribution >= 0.6 is 0 Å². The highest BCUT2D eigenvalue weighted by Gasteiger charge is 2.32. The van der Waals surface area contributed by atoms with Crippen LogP contribution in [0.15, 0.2) is 24.3 Å². The van der Waals surface area contributed by atoms with Crippen LogP contribution in [-0.2, 0) is 0 Å². The van der Waals surface area contributed by atoms with Gasteiger partial charge in [0.25, 0.3) is 0 Å². The van der Waals surface area contributed by atoms with Gasteiger partial charge in [-0.05, 0) is 42.9 Å². The van der Waals surface area contributed by atoms with Crippen molar-refractivity contribution in [1.82, 2.24) is 0 Å². The van der Waals surface area contributed by atoms with E-state index in [1.807, 2.05) is 0 Å². The standard InChI is InChI=1S/C13H16F3NO2/c14-13(15,16)19-10-3-1-2-8(6-10)9-4-5-12(18)11(17)7-9/h1-3,6,9,11-12,18H,4-5,7,17H2/t9-,11-,12-/m0/s1. The molecule has 19 heavy (non-hydrogen) atoms. The third-order valence-electron chi connectivity index (χ3n) is 3.42. The average Bonchev–Trinajstić information content (AvgIpc) is 2.31. The lowest BCUT2D eigenvalue weighted by Gasteiger charge is -2.31. The Morgan fingerprint density at radius 2 is 2.00 bits per heavy atom. The first-order chi connectivity index (χ1) is 8.85. The molecule has 0 radical (unpaired) electrons. The number of benzene rings is 1. The largest absolute Gasteiger partial charge is 0.573 e. The van der Waals surface area contributed by atoms with Crippen molar-refractivity contribution in [2.75, 3.05) is 0 Å². The molecule has 6 heteroatoms. The van der Waals surface area contributed by atoms with E-state index < -0.39 is 12.5 Å². The minimum atomic E-state index is -4.68. The summed E-state index contributed by atoms with van der Waals surface area (Å²) >= 11 is 0. The van der Waals surface area contributed by atoms with Gasteiger partial charge in [-0.2, -0.15) is 0 Å². The van der Waals surface area contributed by atoms with Crippen LogP contribution in [0.25, 0.3) is 0 Å². The number of aliphatic hydroxyl groups excluding tert-OH is 1. The molecular weight excluding hydrogens is 259 g/mol. The van der Waals surface area contributed by atoms with Crippen molar-refractivity contribution in [1.29, 1.82) is 0 Å². The van der Waals surface area contributed by atoms with Crippen molar-refractivity contribution < 1.29 is 23.0 Å². The number of halogens is 3. The summed E-state index contributed by atoms with van der Waals surface area (Å²) in [5, 5.41) is 9.55. The molecule has 2 rings (SSSR count). The van der Waals surface area contributed by atoms with E-state index in [0.717, 1.165) is 5.56 Å². The molecule has 0 aliphatic heterocycles. The molecule has 3 N–H and O–H groups in total. The van der Waals surface area contributed by atoms with Gasteiger partial charge in [0, 0.05) is 6.04 Å². The molecule has 3 atom stereocenters. The first-order valence-electron chi connectivity index (χ1n) is 6.14. The summed E-state index contributed by atoms with van der Waals surface area (Å²) < 4.78 is 40.4. The van der Waals surface area contributed by atoms with Crippen molar-refractivity contribution in [2.24, 2.45) is 5.73 Å². The molecule has 0 saturated heterocycles. The monoisotopic (exact) mass is 275 g/mol. The lowest BCUT2D eigenvalue weighted by molar-refractivity contribution is -0.274. The highest BCUT2D eigenvalue weighted by molar-refractivity contribution is 5.31. The zero-order valence-electron chi connectivity index (χ0n) is 10.2. The Kier molecular flexibility index (Phi) is 4.01. The summed E-state index contributed by atoms with van der Waals surface area (Å²) in [6.45, 7) is 0. The highest BCUT2D eigenvalue weighted by Crippen LogP contribution is 2.34. The molecular formula is C13H16F3NO2. The third kappa shape index (κ3) is 3.84. The Bertz CT molecular complexity index is 436. The maximum atomic E-state index is 12.2. The van der Waals surface area contributed by atoms with Crippen LogP contribution in [0.4, 0.5) is 13.2 Å². The van der Waals surface area contributed by atoms with Gasteiger partial charge >= 0.3 is 6.36 Å². The van der Waals surface area contributed by atoms with Gasteiger partial charge in [-0.25, -0.2) is 0 Å². The van der Waals surface area contributed by atoms with E-state index in [2.05, 4.69) is 4.74 Å². The van der Waals surface area contributed by atoms with Crippen LogP contribution < -0.4 is 10.5 Å². The van der Waals surface area contributed by atoms with E-state index in [0.29, 0.717) is 19.3 Å². The van der Waals surface area contributed by atoms with Gasteiger partial charge in [-0.15, -0.1) is 13.2 Å². The number of ether oxygens (including phenoxy) is 1. The SMILES string of the molecule is N[C@H]1C[C@@H](c2cccc(OC(F)(F)F)c2)CC[C@@H]1O. The number of rotatable bonds is 2. The molecule has 1 aliphatic rings. The van der Waals surface area contributed by atoms with Gasteiger partial charge in [-0.1, -0.05) is 12.1 Å². The molecule has 0 spiro atoms. The molecule has 0 unspecified atom stereocenters. The van der Waals surface area contributed by atoms with Crippen LogP contribution in [0.1, 0.15) is 30.7 Å². The number of hydrogen-bond donors (Lipinski definition) is 2. The van der Waals surface area contributed by atoms with Gasteiger partial charge in [-0.3, -0.25) is 0 Å². The Balaban J connectivity index is 2.10. The van der Waals surface area contributed by atoms with Crippen LogP contribution in [0.2, 0.25) is 0 Å². The van der Waals surface area contributed by atoms with E-state index in [4.69, 9.17) is 5.73 Å². The average molecular weight is 275 g/mol. The highest BCUT2D eigenvalue weighted by atomic mass is 19.4. The molecule has 1 saturated carbocycles. The molecule has 0 heterocycles. The van der Waals surface area contributed by atoms with Crippen molar-refractivity contribution in [3.05, 3.63) is 29.8 Å². The molecule has 1 aromatic carbocycles. The van der Waals surface area contributed by atoms with Crippen molar-refractivity contribution >= 4 is 0 Å². The second-order valence-electron chi connectivity index (χ2n) is 4.86. The molecule has 0 amide bonds. The van der Waals surface area contributed by atoms with Gasteiger partial charge in [0.2, 0.25) is 0 Å². The Morgan fingerprint density at radius 1 is 1.26 bits per heavy atom. The predicted octanol–water partition coefficient (Wildman–Crippen LogP) is 2.54. The second kappa shape index (κ2) is 5.38. The third-order valence-corrected chi connectivity index (χ3v) is 3.42. The number of nitrogens with two attached hydrogens (primary N) is 1. The first-order valence-corrected chi connectivity index (χ1v) is 6.14. The normalized spacial score (nSPS) is 28.2. The molecule has 1 aliphatic carbocycles. The molecule has 0 aromatic heterocycles. The minimum Gasteiger partial charge on any atom is -0.406 e. The van der Waals surface area contributed by atoms with Crippen molar-refractivity contribution in [2.45, 2.75) is 43.7 Å². The van der Waals surface area contributed by atoms with Crippen molar-refractivity contribution in [3.8, 4) is 5.75 Å². The summed E-state index contributed by atoms with van der Waals surface area (Å²) in [6, 6.07) is 5.63. The topological polar surface area (TPSA) is 55.5 Å². The number of aliphatic hydroxyl groups is 1. The van der Waals surface area contributed by atoms with Gasteiger partial charge in [0.1, 0.15) is 5.75 Å². The van der Waals surface area contributed by atoms with E-state index >= 15 is 0 Å². The fourth-order valence-electron chi connectivity index (χ4n) is 2.46. The Hall–Kier alpha value is -1.27. The van der Waals surface area contributed by atoms with E-state index in [1.165, 1.54) is 18.2 Å². The van der Waals surface area contributed by atoms with Gasteiger partial charge in [0.15, 0.2) is 0 Å². The number of hydrogen-bond acceptors (Lipinski definition) is 3. The zero-order valence-corrected chi connectivity index (χ0v) is 10.2. The van der Waals surface area contributed by atoms with E-state index in [-0.39, 0.29) is 17.7 Å². The maximum absolute atomic E-state index is 12.2. The maximum Gasteiger partial charge on any atom is 0.573 e. The smallest absolute Gasteiger partial charge is 0.406 e. The lowest BCUT2D eigenvalue weighted by atomic mass is 9.80. The molecule has 0 bridgehead atoms. The fraction of sp³-hybridized carbons (Fsp3) is 0.538. The summed E-state index contributed by atoms with van der Waals surface area (Å²) in [5.74, 6) is -0.153. The van der Waals surface area contributed by atoms with Crippen LogP contribution in [0.3, 0.4) is 0 Å². The molecule has 106 valence electrons. The quantitative estimate of drug-likeness (QED) is 0.872. The van der Waals surface area contributed by atoms with Crippen molar-refractivity contribution in [3.63, 3.8) is 0 Å². The predicted molar refractivity (Wildman–Crippen MR) is 63.7 cm³/mol. The fourth-order valence-corrected chi connectivity index (χ4v) is 2.46. The van der Waals surface area contributed by atoms with Crippen LogP contribution in [0, 0.1) is 0 Å². The zero-order chi connectivity index (χ0) is 14.0. The van der Waals surface area contributed by atoms with Gasteiger partial charge < -0.3 is 15.6 Å².